The summed E-state index contributed by atoms with van der Waals surface area (Å²) in [4.78, 5) is 38.6. The molecule has 0 fully saturated rings. The van der Waals surface area contributed by atoms with Gasteiger partial charge in [0.05, 0.1) is 12.2 Å². The first-order valence-corrected chi connectivity index (χ1v) is 16.4. The van der Waals surface area contributed by atoms with Gasteiger partial charge in [0.2, 0.25) is 5.91 Å². The van der Waals surface area contributed by atoms with E-state index >= 15 is 4.39 Å². The molecule has 268 valence electrons. The Morgan fingerprint density at radius 3 is 2.26 bits per heavy atom. The van der Waals surface area contributed by atoms with E-state index in [9.17, 15) is 32.7 Å². The number of nitrogens with one attached hydrogen (secondary N) is 1. The van der Waals surface area contributed by atoms with E-state index in [1.807, 2.05) is 13.0 Å². The van der Waals surface area contributed by atoms with Crippen molar-refractivity contribution in [1.82, 2.24) is 14.8 Å². The van der Waals surface area contributed by atoms with Crippen molar-refractivity contribution in [2.24, 2.45) is 0 Å². The third-order valence-corrected chi connectivity index (χ3v) is 8.15. The Morgan fingerprint density at radius 2 is 1.70 bits per heavy atom. The summed E-state index contributed by atoms with van der Waals surface area (Å²) in [5, 5.41) is 13.2. The fourth-order valence-electron chi connectivity index (χ4n) is 5.34. The van der Waals surface area contributed by atoms with Crippen molar-refractivity contribution in [2.45, 2.75) is 52.9 Å². The van der Waals surface area contributed by atoms with Crippen molar-refractivity contribution in [3.63, 3.8) is 0 Å². The van der Waals surface area contributed by atoms with Crippen molar-refractivity contribution < 1.29 is 37.0 Å². The minimum Gasteiger partial charge on any atom is -0.507 e. The fourth-order valence-corrected chi connectivity index (χ4v) is 5.76. The van der Waals surface area contributed by atoms with E-state index in [1.165, 1.54) is 19.1 Å². The fraction of sp³-hybridized carbons (Fsp3) is 0.324. The number of benzene rings is 3. The second-order valence-electron chi connectivity index (χ2n) is 11.8. The molecular weight excluding hydrogens is 722 g/mol. The van der Waals surface area contributed by atoms with Gasteiger partial charge in [-0.05, 0) is 99.4 Å². The molecular formula is C37H40BrF4N3O5. The van der Waals surface area contributed by atoms with Gasteiger partial charge in [0.1, 0.15) is 17.6 Å². The average molecular weight is 763 g/mol. The molecule has 1 aromatic heterocycles. The zero-order valence-electron chi connectivity index (χ0n) is 28.6. The third-order valence-electron chi connectivity index (χ3n) is 7.66. The molecule has 4 aromatic rings. The zero-order chi connectivity index (χ0) is 37.3. The molecule has 4 rings (SSSR count). The number of halogens is 5. The number of carbonyl (C=O) groups is 2. The Bertz CT molecular complexity index is 1870. The van der Waals surface area contributed by atoms with Crippen LogP contribution in [-0.4, -0.2) is 53.7 Å². The number of ether oxygens (including phenoxy) is 1. The maximum Gasteiger partial charge on any atom is 0.416 e. The lowest BCUT2D eigenvalue weighted by atomic mass is 9.95. The Kier molecular flexibility index (Phi) is 13.9. The number of phenols is 1. The van der Waals surface area contributed by atoms with E-state index in [-0.39, 0.29) is 42.4 Å². The molecule has 0 aliphatic rings. The number of rotatable bonds is 10. The number of amides is 1. The molecule has 0 aliphatic heterocycles. The lowest BCUT2D eigenvalue weighted by Gasteiger charge is -2.23. The van der Waals surface area contributed by atoms with E-state index in [2.05, 4.69) is 26.0 Å². The molecule has 0 aliphatic carbocycles. The first kappa shape index (κ1) is 39.9. The lowest BCUT2D eigenvalue weighted by Crippen LogP contribution is -2.38. The molecule has 0 spiro atoms. The number of hydrogen-bond acceptors (Lipinski definition) is 6. The van der Waals surface area contributed by atoms with Crippen LogP contribution in [0.2, 0.25) is 0 Å². The standard InChI is InChI=1S/C33H32BrF4N3O3.C4H8O2/c1-19-7-5-10-27(42)29(19)23-13-20(2)30(35)24(14-23)17-39-32(44)31(21-8-6-9-25(34)15-21)41-18-22(11-12-40(3)4)26(16-28(41)43)33(36,37)38;1-3-6-4(2)5/h5-10,13-16,18,31,42H,11-12,17H2,1-4H3,(H,39,44);3H2,1-2H3. The summed E-state index contributed by atoms with van der Waals surface area (Å²) in [5.41, 5.74) is 0.422. The summed E-state index contributed by atoms with van der Waals surface area (Å²) < 4.78 is 63.0. The summed E-state index contributed by atoms with van der Waals surface area (Å²) in [7, 11) is 3.44. The number of carbonyl (C=O) groups excluding carboxylic acids is 2. The number of pyridine rings is 1. The molecule has 0 saturated heterocycles. The minimum atomic E-state index is -4.76. The van der Waals surface area contributed by atoms with Gasteiger partial charge < -0.3 is 20.1 Å². The molecule has 1 atom stereocenters. The van der Waals surface area contributed by atoms with Gasteiger partial charge >= 0.3 is 12.1 Å². The molecule has 0 radical (unpaired) electrons. The number of alkyl halides is 3. The van der Waals surface area contributed by atoms with Crippen LogP contribution in [0.4, 0.5) is 17.6 Å². The highest BCUT2D eigenvalue weighted by Crippen LogP contribution is 2.35. The van der Waals surface area contributed by atoms with E-state index in [1.54, 1.807) is 69.2 Å². The quantitative estimate of drug-likeness (QED) is 0.130. The highest BCUT2D eigenvalue weighted by molar-refractivity contribution is 9.10. The van der Waals surface area contributed by atoms with Crippen LogP contribution in [0.3, 0.4) is 0 Å². The Hall–Kier alpha value is -4.49. The largest absolute Gasteiger partial charge is 0.507 e. The van der Waals surface area contributed by atoms with Gasteiger partial charge in [-0.2, -0.15) is 13.2 Å². The van der Waals surface area contributed by atoms with E-state index in [4.69, 9.17) is 0 Å². The second kappa shape index (κ2) is 17.4. The molecule has 1 heterocycles. The first-order valence-electron chi connectivity index (χ1n) is 15.7. The highest BCUT2D eigenvalue weighted by Gasteiger charge is 2.35. The van der Waals surface area contributed by atoms with E-state index < -0.39 is 35.1 Å². The highest BCUT2D eigenvalue weighted by atomic mass is 79.9. The van der Waals surface area contributed by atoms with Crippen LogP contribution in [-0.2, 0) is 33.5 Å². The third kappa shape index (κ3) is 10.5. The number of hydrogen-bond donors (Lipinski definition) is 2. The number of aromatic nitrogens is 1. The van der Waals surface area contributed by atoms with Gasteiger partial charge in [-0.1, -0.05) is 40.2 Å². The summed E-state index contributed by atoms with van der Waals surface area (Å²) >= 11 is 3.36. The van der Waals surface area contributed by atoms with Crippen LogP contribution in [0.1, 0.15) is 53.3 Å². The predicted molar refractivity (Wildman–Crippen MR) is 187 cm³/mol. The number of esters is 1. The minimum absolute atomic E-state index is 0.0159. The van der Waals surface area contributed by atoms with Crippen LogP contribution < -0.4 is 10.9 Å². The molecule has 1 unspecified atom stereocenters. The number of likely N-dealkylation sites (N-methyl/N-ethyl adjacent to an activating group) is 1. The Labute approximate surface area is 296 Å². The van der Waals surface area contributed by atoms with Crippen molar-refractivity contribution in [2.75, 3.05) is 27.2 Å². The van der Waals surface area contributed by atoms with Crippen LogP contribution in [0.5, 0.6) is 5.75 Å². The number of phenolic OH excluding ortho intramolecular Hbond substituents is 1. The molecule has 50 heavy (non-hydrogen) atoms. The Morgan fingerprint density at radius 1 is 1.02 bits per heavy atom. The van der Waals surface area contributed by atoms with Crippen molar-refractivity contribution in [3.05, 3.63) is 121 Å². The van der Waals surface area contributed by atoms with E-state index in [0.29, 0.717) is 39.4 Å². The van der Waals surface area contributed by atoms with Gasteiger partial charge in [0.25, 0.3) is 5.56 Å². The molecule has 1 amide bonds. The van der Waals surface area contributed by atoms with Gasteiger partial charge in [0.15, 0.2) is 0 Å². The lowest BCUT2D eigenvalue weighted by molar-refractivity contribution is -0.140. The number of aryl methyl sites for hydroxylation is 2. The summed E-state index contributed by atoms with van der Waals surface area (Å²) in [6.07, 6.45) is -3.69. The van der Waals surface area contributed by atoms with Crippen molar-refractivity contribution >= 4 is 27.8 Å². The van der Waals surface area contributed by atoms with Crippen molar-refractivity contribution in [1.29, 1.82) is 0 Å². The summed E-state index contributed by atoms with van der Waals surface area (Å²) in [6.45, 7) is 7.03. The summed E-state index contributed by atoms with van der Waals surface area (Å²) in [6, 6.07) is 13.9. The Balaban J connectivity index is 0.00000103. The van der Waals surface area contributed by atoms with Crippen LogP contribution in [0.15, 0.2) is 76.1 Å². The number of nitrogens with zero attached hydrogens (tertiary/aromatic N) is 2. The van der Waals surface area contributed by atoms with Crippen LogP contribution in [0, 0.1) is 19.7 Å². The molecule has 0 bridgehead atoms. The average Bonchev–Trinajstić information content (AvgIpc) is 3.01. The molecule has 3 aromatic carbocycles. The topological polar surface area (TPSA) is 101 Å². The van der Waals surface area contributed by atoms with Gasteiger partial charge in [-0.25, -0.2) is 4.39 Å². The van der Waals surface area contributed by atoms with E-state index in [0.717, 1.165) is 16.3 Å². The molecule has 2 N–H and O–H groups in total. The van der Waals surface area contributed by atoms with Crippen molar-refractivity contribution in [3.8, 4) is 16.9 Å². The zero-order valence-corrected chi connectivity index (χ0v) is 30.2. The smallest absolute Gasteiger partial charge is 0.416 e. The maximum absolute atomic E-state index is 15.3. The van der Waals surface area contributed by atoms with Gasteiger partial charge in [-0.15, -0.1) is 0 Å². The predicted octanol–water partition coefficient (Wildman–Crippen LogP) is 7.34. The normalized spacial score (nSPS) is 11.8. The molecule has 13 heteroatoms. The van der Waals surface area contributed by atoms with Gasteiger partial charge in [-0.3, -0.25) is 19.0 Å². The van der Waals surface area contributed by atoms with Gasteiger partial charge in [0, 0.05) is 47.9 Å². The molecule has 8 nitrogen and oxygen atoms in total. The molecule has 0 saturated carbocycles. The van der Waals surface area contributed by atoms with Crippen LogP contribution >= 0.6 is 15.9 Å². The SMILES string of the molecule is CCOC(C)=O.Cc1cc(-c2c(C)cccc2O)cc(CNC(=O)C(c2cccc(Br)c2)n2cc(CCN(C)C)c(C(F)(F)F)cc2=O)c1F. The van der Waals surface area contributed by atoms with Crippen LogP contribution in [0.25, 0.3) is 11.1 Å². The summed E-state index contributed by atoms with van der Waals surface area (Å²) in [5.74, 6) is -1.46. The number of aromatic hydroxyl groups is 1. The monoisotopic (exact) mass is 761 g/mol. The first-order chi connectivity index (χ1) is 23.4. The second-order valence-corrected chi connectivity index (χ2v) is 12.8. The maximum atomic E-state index is 15.3.